The molecule has 0 spiro atoms. The fraction of sp³-hybridized carbons (Fsp3) is 0.763. The Labute approximate surface area is 402 Å². The highest BCUT2D eigenvalue weighted by molar-refractivity contribution is 5.77. The molecule has 0 bridgehead atoms. The Kier molecular flexibility index (Phi) is 50.1. The topological polar surface area (TPSA) is 95.9 Å². The molecule has 0 saturated carbocycles. The van der Waals surface area contributed by atoms with Crippen molar-refractivity contribution in [2.75, 3.05) is 6.61 Å². The van der Waals surface area contributed by atoms with Crippen LogP contribution >= 0.6 is 0 Å². The van der Waals surface area contributed by atoms with Crippen LogP contribution in [0, 0.1) is 0 Å². The summed E-state index contributed by atoms with van der Waals surface area (Å²) in [5, 5.41) is 23.8. The first-order valence-electron chi connectivity index (χ1n) is 27.7. The summed E-state index contributed by atoms with van der Waals surface area (Å²) in [7, 11) is 0. The number of unbranched alkanes of at least 4 members (excludes halogenated alkanes) is 29. The number of aliphatic hydroxyl groups is 2. The smallest absolute Gasteiger partial charge is 0.306 e. The molecule has 6 nitrogen and oxygen atoms in total. The molecule has 0 fully saturated rings. The van der Waals surface area contributed by atoms with Crippen LogP contribution in [0.2, 0.25) is 0 Å². The van der Waals surface area contributed by atoms with Gasteiger partial charge in [0.15, 0.2) is 0 Å². The van der Waals surface area contributed by atoms with Crippen LogP contribution < -0.4 is 5.32 Å². The Morgan fingerprint density at radius 1 is 0.446 bits per heavy atom. The van der Waals surface area contributed by atoms with E-state index in [-0.39, 0.29) is 24.9 Å². The molecule has 3 unspecified atom stereocenters. The molecular formula is C59H105NO5. The van der Waals surface area contributed by atoms with E-state index in [1.807, 2.05) is 6.08 Å². The number of amides is 1. The molecule has 3 atom stereocenters. The molecule has 0 rings (SSSR count). The zero-order valence-corrected chi connectivity index (χ0v) is 42.9. The van der Waals surface area contributed by atoms with Gasteiger partial charge in [0.1, 0.15) is 6.10 Å². The lowest BCUT2D eigenvalue weighted by molar-refractivity contribution is -0.151. The van der Waals surface area contributed by atoms with Crippen LogP contribution in [0.25, 0.3) is 0 Å². The number of hydrogen-bond acceptors (Lipinski definition) is 5. The molecular weight excluding hydrogens is 803 g/mol. The standard InChI is InChI=1S/C59H105NO5/c1-4-7-10-13-16-19-22-25-28-31-32-35-38-41-44-47-50-55(65-59(64)52-49-46-43-40-37-34-30-27-24-21-18-15-12-9-6-3)53-58(63)60-56(54-61)57(62)51-48-45-42-39-36-33-29-26-23-20-17-14-11-8-5-2/h16,18-19,21-22,24-25,27-28,31-32,35,55-57,61-62H,4-15,17,20,23,26,29-30,33-34,36-54H2,1-3H3,(H,60,63)/b19-16+,21-18+,25-22+,27-24+,31-28+,35-32+. The Hall–Kier alpha value is -2.70. The van der Waals surface area contributed by atoms with E-state index in [9.17, 15) is 19.8 Å². The van der Waals surface area contributed by atoms with Crippen LogP contribution in [0.5, 0.6) is 0 Å². The van der Waals surface area contributed by atoms with Crippen LogP contribution in [0.3, 0.4) is 0 Å². The second-order valence-electron chi connectivity index (χ2n) is 18.8. The highest BCUT2D eigenvalue weighted by Gasteiger charge is 2.24. The number of ether oxygens (including phenoxy) is 1. The lowest BCUT2D eigenvalue weighted by Gasteiger charge is -2.24. The van der Waals surface area contributed by atoms with Crippen molar-refractivity contribution in [3.63, 3.8) is 0 Å². The number of carbonyl (C=O) groups excluding carboxylic acids is 2. The van der Waals surface area contributed by atoms with Crippen molar-refractivity contribution in [3.8, 4) is 0 Å². The van der Waals surface area contributed by atoms with Gasteiger partial charge in [-0.2, -0.15) is 0 Å². The predicted molar refractivity (Wildman–Crippen MR) is 282 cm³/mol. The molecule has 0 heterocycles. The number of hydrogen-bond donors (Lipinski definition) is 3. The highest BCUT2D eigenvalue weighted by Crippen LogP contribution is 2.18. The van der Waals surface area contributed by atoms with Crippen LogP contribution in [-0.4, -0.2) is 46.9 Å². The number of aliphatic hydroxyl groups excluding tert-OH is 2. The molecule has 3 N–H and O–H groups in total. The maximum atomic E-state index is 13.2. The van der Waals surface area contributed by atoms with E-state index in [1.165, 1.54) is 141 Å². The number of carbonyl (C=O) groups is 2. The van der Waals surface area contributed by atoms with Crippen LogP contribution in [-0.2, 0) is 14.3 Å². The number of rotatable bonds is 49. The fourth-order valence-electron chi connectivity index (χ4n) is 8.14. The number of nitrogens with one attached hydrogen (secondary N) is 1. The van der Waals surface area contributed by atoms with Crippen molar-refractivity contribution in [1.29, 1.82) is 0 Å². The third kappa shape index (κ3) is 47.6. The van der Waals surface area contributed by atoms with E-state index in [2.05, 4.69) is 92.9 Å². The average Bonchev–Trinajstić information content (AvgIpc) is 3.30. The van der Waals surface area contributed by atoms with Gasteiger partial charge in [-0.1, -0.05) is 248 Å². The van der Waals surface area contributed by atoms with Crippen LogP contribution in [0.15, 0.2) is 72.9 Å². The summed E-state index contributed by atoms with van der Waals surface area (Å²) < 4.78 is 5.93. The molecule has 0 aliphatic rings. The maximum absolute atomic E-state index is 13.2. The average molecular weight is 908 g/mol. The first kappa shape index (κ1) is 62.3. The Morgan fingerprint density at radius 3 is 1.25 bits per heavy atom. The second kappa shape index (κ2) is 52.3. The van der Waals surface area contributed by atoms with Crippen molar-refractivity contribution in [2.24, 2.45) is 0 Å². The quantitative estimate of drug-likeness (QED) is 0.0321. The summed E-state index contributed by atoms with van der Waals surface area (Å²) in [5.74, 6) is -0.524. The minimum Gasteiger partial charge on any atom is -0.462 e. The molecule has 6 heteroatoms. The largest absolute Gasteiger partial charge is 0.462 e. The summed E-state index contributed by atoms with van der Waals surface area (Å²) in [6.45, 7) is 6.42. The van der Waals surface area contributed by atoms with Gasteiger partial charge in [-0.15, -0.1) is 0 Å². The van der Waals surface area contributed by atoms with Gasteiger partial charge in [0, 0.05) is 6.42 Å². The fourth-order valence-corrected chi connectivity index (χ4v) is 8.14. The van der Waals surface area contributed by atoms with Crippen LogP contribution in [0.4, 0.5) is 0 Å². The first-order chi connectivity index (χ1) is 32.0. The SMILES string of the molecule is CCCCC/C=C/C=C/C=C/C=C/CCCCCC(CC(=O)NC(CO)C(O)CCCCCCCCCCCCCCCCC)OC(=O)CCCCCCCC/C=C/C=C/CCCCC. The normalized spacial score (nSPS) is 13.7. The minimum atomic E-state index is -0.804. The molecule has 0 aromatic carbocycles. The molecule has 65 heavy (non-hydrogen) atoms. The van der Waals surface area contributed by atoms with Crippen molar-refractivity contribution in [2.45, 2.75) is 283 Å². The van der Waals surface area contributed by atoms with Crippen molar-refractivity contribution in [1.82, 2.24) is 5.32 Å². The monoisotopic (exact) mass is 908 g/mol. The van der Waals surface area contributed by atoms with Crippen molar-refractivity contribution < 1.29 is 24.5 Å². The number of allylic oxidation sites excluding steroid dienone is 12. The molecule has 0 aliphatic heterocycles. The third-order valence-electron chi connectivity index (χ3n) is 12.4. The lowest BCUT2D eigenvalue weighted by Crippen LogP contribution is -2.46. The second-order valence-corrected chi connectivity index (χ2v) is 18.8. The van der Waals surface area contributed by atoms with Gasteiger partial charge in [-0.25, -0.2) is 0 Å². The van der Waals surface area contributed by atoms with Crippen molar-refractivity contribution in [3.05, 3.63) is 72.9 Å². The van der Waals surface area contributed by atoms with Crippen LogP contribution in [0.1, 0.15) is 265 Å². The Morgan fingerprint density at radius 2 is 0.785 bits per heavy atom. The summed E-state index contributed by atoms with van der Waals surface area (Å²) in [6.07, 6.45) is 66.7. The predicted octanol–water partition coefficient (Wildman–Crippen LogP) is 17.0. The van der Waals surface area contributed by atoms with Gasteiger partial charge >= 0.3 is 5.97 Å². The molecule has 0 aliphatic carbocycles. The molecule has 0 saturated heterocycles. The summed E-state index contributed by atoms with van der Waals surface area (Å²) in [4.78, 5) is 26.2. The third-order valence-corrected chi connectivity index (χ3v) is 12.4. The summed E-state index contributed by atoms with van der Waals surface area (Å²) in [6, 6.07) is -0.720. The first-order valence-corrected chi connectivity index (χ1v) is 27.7. The molecule has 0 radical (unpaired) electrons. The van der Waals surface area contributed by atoms with Gasteiger partial charge in [-0.05, 0) is 77.0 Å². The van der Waals surface area contributed by atoms with Gasteiger partial charge in [0.2, 0.25) is 5.91 Å². The molecule has 1 amide bonds. The van der Waals surface area contributed by atoms with Gasteiger partial charge in [0.25, 0.3) is 0 Å². The Bertz CT molecular complexity index is 1200. The molecule has 0 aromatic rings. The Balaban J connectivity index is 4.67. The molecule has 376 valence electrons. The van der Waals surface area contributed by atoms with Gasteiger partial charge in [0.05, 0.1) is 25.2 Å². The minimum absolute atomic E-state index is 0.0448. The summed E-state index contributed by atoms with van der Waals surface area (Å²) in [5.41, 5.74) is 0. The highest BCUT2D eigenvalue weighted by atomic mass is 16.5. The molecule has 0 aromatic heterocycles. The summed E-state index contributed by atoms with van der Waals surface area (Å²) >= 11 is 0. The van der Waals surface area contributed by atoms with Crippen molar-refractivity contribution >= 4 is 11.9 Å². The van der Waals surface area contributed by atoms with E-state index in [0.29, 0.717) is 19.3 Å². The maximum Gasteiger partial charge on any atom is 0.306 e. The zero-order valence-electron chi connectivity index (χ0n) is 42.9. The van der Waals surface area contributed by atoms with Gasteiger partial charge in [-0.3, -0.25) is 9.59 Å². The van der Waals surface area contributed by atoms with E-state index < -0.39 is 18.2 Å². The lowest BCUT2D eigenvalue weighted by atomic mass is 10.0. The van der Waals surface area contributed by atoms with E-state index in [1.54, 1.807) is 0 Å². The van der Waals surface area contributed by atoms with E-state index in [0.717, 1.165) is 77.0 Å². The van der Waals surface area contributed by atoms with E-state index in [4.69, 9.17) is 4.74 Å². The number of esters is 1. The van der Waals surface area contributed by atoms with Gasteiger partial charge < -0.3 is 20.3 Å². The zero-order chi connectivity index (χ0) is 47.4. The van der Waals surface area contributed by atoms with E-state index >= 15 is 0 Å².